The monoisotopic (exact) mass is 774 g/mol. The van der Waals surface area contributed by atoms with Crippen LogP contribution in [0.25, 0.3) is 22.3 Å². The van der Waals surface area contributed by atoms with Gasteiger partial charge in [-0.25, -0.2) is 11.6 Å². The van der Waals surface area contributed by atoms with E-state index in [1.165, 1.54) is 109 Å². The molecule has 0 N–H and O–H groups in total. The van der Waals surface area contributed by atoms with E-state index in [1.54, 1.807) is 0 Å². The van der Waals surface area contributed by atoms with E-state index in [0.29, 0.717) is 11.3 Å². The number of aryl methyl sites for hydroxylation is 2. The van der Waals surface area contributed by atoms with Crippen LogP contribution in [0.4, 0.5) is 0 Å². The molecule has 4 aliphatic rings. The van der Waals surface area contributed by atoms with Crippen molar-refractivity contribution in [1.82, 2.24) is 0 Å². The second-order valence-corrected chi connectivity index (χ2v) is 16.9. The summed E-state index contributed by atoms with van der Waals surface area (Å²) in [7, 11) is 0. The Morgan fingerprint density at radius 1 is 0.736 bits per heavy atom. The summed E-state index contributed by atoms with van der Waals surface area (Å²) in [6, 6.07) is 31.4. The minimum atomic E-state index is 0.0340. The van der Waals surface area contributed by atoms with E-state index < -0.39 is 0 Å². The molecule has 276 valence electrons. The van der Waals surface area contributed by atoms with Crippen LogP contribution >= 0.6 is 0 Å². The Balaban J connectivity index is 0.000000185. The van der Waals surface area contributed by atoms with Crippen molar-refractivity contribution in [3.63, 3.8) is 0 Å². The molecule has 4 aliphatic carbocycles. The molecular formula is C52H60Zr-4. The summed E-state index contributed by atoms with van der Waals surface area (Å²) in [6.45, 7) is 26.8. The average Bonchev–Trinajstić information content (AvgIpc) is 3.84. The Morgan fingerprint density at radius 3 is 1.70 bits per heavy atom. The first kappa shape index (κ1) is 42.3. The van der Waals surface area contributed by atoms with E-state index in [-0.39, 0.29) is 10.8 Å². The van der Waals surface area contributed by atoms with Crippen molar-refractivity contribution in [3.8, 4) is 11.1 Å². The van der Waals surface area contributed by atoms with E-state index in [2.05, 4.69) is 154 Å². The Labute approximate surface area is 338 Å². The summed E-state index contributed by atoms with van der Waals surface area (Å²) in [6.07, 6.45) is 17.6. The number of hydrogen-bond acceptors (Lipinski definition) is 0. The molecule has 4 aromatic carbocycles. The van der Waals surface area contributed by atoms with Crippen molar-refractivity contribution in [2.24, 2.45) is 11.3 Å². The van der Waals surface area contributed by atoms with Gasteiger partial charge in [-0.2, -0.15) is 89.0 Å². The molecule has 0 bridgehead atoms. The summed E-state index contributed by atoms with van der Waals surface area (Å²) in [5.41, 5.74) is 18.9. The van der Waals surface area contributed by atoms with Gasteiger partial charge in [-0.1, -0.05) is 124 Å². The molecular weight excluding hydrogens is 716 g/mol. The van der Waals surface area contributed by atoms with Crippen LogP contribution in [0.1, 0.15) is 127 Å². The van der Waals surface area contributed by atoms with Gasteiger partial charge in [0, 0.05) is 5.41 Å². The van der Waals surface area contributed by atoms with E-state index >= 15 is 0 Å². The molecule has 0 amide bonds. The predicted molar refractivity (Wildman–Crippen MR) is 228 cm³/mol. The Bertz CT molecular complexity index is 1870. The maximum absolute atomic E-state index is 3.65. The molecule has 0 nitrogen and oxygen atoms in total. The number of hydrogen-bond donors (Lipinski definition) is 0. The van der Waals surface area contributed by atoms with Crippen molar-refractivity contribution < 1.29 is 24.2 Å². The van der Waals surface area contributed by atoms with Gasteiger partial charge in [0.05, 0.1) is 0 Å². The summed E-state index contributed by atoms with van der Waals surface area (Å²) >= 11 is 1.30. The topological polar surface area (TPSA) is 0 Å². The molecule has 0 fully saturated rings. The third-order valence-corrected chi connectivity index (χ3v) is 10.5. The van der Waals surface area contributed by atoms with Crippen molar-refractivity contribution in [1.29, 1.82) is 0 Å². The number of benzene rings is 4. The van der Waals surface area contributed by atoms with E-state index in [1.807, 2.05) is 48.5 Å². The molecule has 0 aliphatic heterocycles. The molecule has 0 aromatic heterocycles. The zero-order valence-electron chi connectivity index (χ0n) is 34.6. The summed E-state index contributed by atoms with van der Waals surface area (Å²) in [5, 5.41) is 0. The minimum absolute atomic E-state index is 0.0340. The van der Waals surface area contributed by atoms with Crippen LogP contribution in [-0.4, -0.2) is 4.21 Å². The molecule has 0 saturated carbocycles. The quantitative estimate of drug-likeness (QED) is 0.157. The average molecular weight is 776 g/mol. The van der Waals surface area contributed by atoms with E-state index in [0.717, 1.165) is 6.42 Å². The van der Waals surface area contributed by atoms with Gasteiger partial charge >= 0.3 is 28.4 Å². The van der Waals surface area contributed by atoms with Gasteiger partial charge in [-0.05, 0) is 58.4 Å². The van der Waals surface area contributed by atoms with Crippen LogP contribution in [0.15, 0.2) is 96.6 Å². The van der Waals surface area contributed by atoms with Crippen LogP contribution in [0.3, 0.4) is 0 Å². The van der Waals surface area contributed by atoms with Gasteiger partial charge < -0.3 is 0 Å². The summed E-state index contributed by atoms with van der Waals surface area (Å²) in [5.74, 6) is 0.587. The zero-order chi connectivity index (χ0) is 39.1. The van der Waals surface area contributed by atoms with Crippen molar-refractivity contribution >= 4 is 15.4 Å². The number of fused-ring (bicyclic) bond motifs is 5. The third kappa shape index (κ3) is 10.4. The Hall–Kier alpha value is -3.41. The second-order valence-electron chi connectivity index (χ2n) is 16.9. The molecule has 0 heterocycles. The summed E-state index contributed by atoms with van der Waals surface area (Å²) in [4.78, 5) is 0. The fourth-order valence-corrected chi connectivity index (χ4v) is 7.67. The molecule has 1 atom stereocenters. The summed E-state index contributed by atoms with van der Waals surface area (Å²) < 4.78 is 3.34. The molecule has 8 rings (SSSR count). The second kappa shape index (κ2) is 17.8. The van der Waals surface area contributed by atoms with Gasteiger partial charge in [0.1, 0.15) is 0 Å². The SMILES string of the molecule is CC1=[C-]C(C)(C)c2cc3c(cc21)-c1cc2c(cc1C3)C(C)(C)C=C2C.CCCC1[C-]=CC(C(C)(C)C)=C1.Cc1cc[c-]cc1.Cc1cc[c-]cc1.[CH2]=[Zr]. The first-order valence-corrected chi connectivity index (χ1v) is 20.9. The van der Waals surface area contributed by atoms with Crippen LogP contribution in [0.2, 0.25) is 0 Å². The fraction of sp³-hybridized carbons (Fsp3) is 0.365. The molecule has 0 saturated heterocycles. The van der Waals surface area contributed by atoms with Crippen molar-refractivity contribution in [3.05, 3.63) is 165 Å². The first-order chi connectivity index (χ1) is 25.0. The number of allylic oxidation sites excluding steroid dienone is 8. The van der Waals surface area contributed by atoms with Crippen LogP contribution < -0.4 is 0 Å². The molecule has 1 heteroatoms. The zero-order valence-corrected chi connectivity index (χ0v) is 37.0. The van der Waals surface area contributed by atoms with Gasteiger partial charge in [-0.3, -0.25) is 12.2 Å². The Kier molecular flexibility index (Phi) is 14.2. The predicted octanol–water partition coefficient (Wildman–Crippen LogP) is 13.8. The van der Waals surface area contributed by atoms with Crippen LogP contribution in [0, 0.1) is 49.5 Å². The fourth-order valence-electron chi connectivity index (χ4n) is 7.67. The van der Waals surface area contributed by atoms with Crippen molar-refractivity contribution in [2.45, 2.75) is 113 Å². The first-order valence-electron chi connectivity index (χ1n) is 19.2. The van der Waals surface area contributed by atoms with E-state index in [4.69, 9.17) is 0 Å². The standard InChI is InChI=1S/C25H25.C12H19.2C7H7.CH2.Zr/c1-14-12-24(3,4)22-8-16-7-17-9-23-19(15(2)13-25(23,5)6)11-21(17)20(16)10-18(14)22;1-5-6-10-7-8-11(9-10)12(2,3)4;2*1-7-5-3-2-4-6-7;;/h8-12H,7H2,1-6H3;8-10H,5-6H2,1-4H3;2*3-6H,1H3;1H2;/q4*-1;;. The normalized spacial score (nSPS) is 17.3. The molecule has 0 radical (unpaired) electrons. The van der Waals surface area contributed by atoms with E-state index in [9.17, 15) is 0 Å². The third-order valence-electron chi connectivity index (χ3n) is 10.5. The molecule has 53 heavy (non-hydrogen) atoms. The van der Waals surface area contributed by atoms with Crippen LogP contribution in [-0.2, 0) is 41.5 Å². The maximum atomic E-state index is 3.65. The molecule has 0 spiro atoms. The van der Waals surface area contributed by atoms with Gasteiger partial charge in [0.25, 0.3) is 0 Å². The van der Waals surface area contributed by atoms with Gasteiger partial charge in [-0.15, -0.1) is 11.6 Å². The van der Waals surface area contributed by atoms with Crippen LogP contribution in [0.5, 0.6) is 0 Å². The molecule has 4 aromatic rings. The Morgan fingerprint density at radius 2 is 1.25 bits per heavy atom. The number of rotatable bonds is 2. The molecule has 1 unspecified atom stereocenters. The van der Waals surface area contributed by atoms with Gasteiger partial charge in [0.15, 0.2) is 0 Å². The van der Waals surface area contributed by atoms with Crippen molar-refractivity contribution in [2.75, 3.05) is 0 Å². The van der Waals surface area contributed by atoms with Gasteiger partial charge in [0.2, 0.25) is 0 Å².